The summed E-state index contributed by atoms with van der Waals surface area (Å²) >= 11 is 0. The molecule has 20 heavy (non-hydrogen) atoms. The van der Waals surface area contributed by atoms with Gasteiger partial charge in [-0.2, -0.15) is 13.2 Å². The highest BCUT2D eigenvalue weighted by Gasteiger charge is 2.39. The number of rotatable bonds is 4. The van der Waals surface area contributed by atoms with Crippen LogP contribution in [0, 0.1) is 0 Å². The number of hydrogen-bond donors (Lipinski definition) is 1. The molecule has 0 saturated carbocycles. The molecule has 0 saturated heterocycles. The summed E-state index contributed by atoms with van der Waals surface area (Å²) in [5, 5.41) is 8.54. The highest BCUT2D eigenvalue weighted by Crippen LogP contribution is 2.37. The van der Waals surface area contributed by atoms with Crippen LogP contribution in [0.15, 0.2) is 34.7 Å². The molecule has 0 aliphatic carbocycles. The largest absolute Gasteiger partial charge is 0.481 e. The Bertz CT molecular complexity index is 605. The summed E-state index contributed by atoms with van der Waals surface area (Å²) in [7, 11) is 0. The minimum Gasteiger partial charge on any atom is -0.481 e. The molecule has 0 unspecified atom stereocenters. The number of aliphatic carboxylic acids is 1. The van der Waals surface area contributed by atoms with Gasteiger partial charge in [-0.05, 0) is 0 Å². The van der Waals surface area contributed by atoms with Crippen molar-refractivity contribution in [3.8, 4) is 11.3 Å². The molecule has 0 aliphatic rings. The quantitative estimate of drug-likeness (QED) is 0.935. The topological polar surface area (TPSA) is 63.3 Å². The third-order valence-corrected chi connectivity index (χ3v) is 2.53. The summed E-state index contributed by atoms with van der Waals surface area (Å²) in [6.45, 7) is 0. The Labute approximate surface area is 111 Å². The standard InChI is InChI=1S/C13H10F3NO3/c14-13(15,16)12-11(8-4-2-1-3-5-8)17-9(20-12)6-7-10(18)19/h1-5H,6-7H2,(H,18,19). The van der Waals surface area contributed by atoms with E-state index in [1.54, 1.807) is 18.2 Å². The molecule has 1 aromatic carbocycles. The number of nitrogens with zero attached hydrogens (tertiary/aromatic N) is 1. The molecule has 0 radical (unpaired) electrons. The van der Waals surface area contributed by atoms with Gasteiger partial charge < -0.3 is 9.52 Å². The average molecular weight is 285 g/mol. The second-order valence-corrected chi connectivity index (χ2v) is 4.04. The molecule has 0 amide bonds. The lowest BCUT2D eigenvalue weighted by molar-refractivity contribution is -0.152. The lowest BCUT2D eigenvalue weighted by Gasteiger charge is -2.04. The Kier molecular flexibility index (Phi) is 3.78. The van der Waals surface area contributed by atoms with E-state index in [0.29, 0.717) is 0 Å². The van der Waals surface area contributed by atoms with Crippen molar-refractivity contribution in [2.75, 3.05) is 0 Å². The molecule has 0 fully saturated rings. The number of carboxylic acids is 1. The van der Waals surface area contributed by atoms with Gasteiger partial charge in [0.05, 0.1) is 6.42 Å². The van der Waals surface area contributed by atoms with Crippen LogP contribution < -0.4 is 0 Å². The molecule has 2 aromatic rings. The van der Waals surface area contributed by atoms with Gasteiger partial charge in [0.2, 0.25) is 5.76 Å². The average Bonchev–Trinajstić information content (AvgIpc) is 2.81. The molecule has 0 spiro atoms. The number of hydrogen-bond acceptors (Lipinski definition) is 3. The molecular weight excluding hydrogens is 275 g/mol. The molecule has 1 aromatic heterocycles. The van der Waals surface area contributed by atoms with E-state index in [2.05, 4.69) is 9.40 Å². The van der Waals surface area contributed by atoms with Crippen LogP contribution in [0.1, 0.15) is 18.1 Å². The second-order valence-electron chi connectivity index (χ2n) is 4.04. The number of carbonyl (C=O) groups is 1. The Morgan fingerprint density at radius 1 is 1.25 bits per heavy atom. The molecule has 0 aliphatic heterocycles. The molecule has 1 N–H and O–H groups in total. The van der Waals surface area contributed by atoms with Gasteiger partial charge in [0.1, 0.15) is 5.69 Å². The first-order valence-electron chi connectivity index (χ1n) is 5.72. The van der Waals surface area contributed by atoms with Crippen LogP contribution in [0.5, 0.6) is 0 Å². The molecule has 2 rings (SSSR count). The molecular formula is C13H10F3NO3. The number of oxazole rings is 1. The predicted octanol–water partition coefficient (Wildman–Crippen LogP) is 3.38. The zero-order chi connectivity index (χ0) is 14.8. The van der Waals surface area contributed by atoms with Gasteiger partial charge in [0, 0.05) is 12.0 Å². The Hall–Kier alpha value is -2.31. The van der Waals surface area contributed by atoms with E-state index in [4.69, 9.17) is 5.11 Å². The van der Waals surface area contributed by atoms with Gasteiger partial charge in [-0.3, -0.25) is 4.79 Å². The van der Waals surface area contributed by atoms with Crippen molar-refractivity contribution in [2.45, 2.75) is 19.0 Å². The minimum absolute atomic E-state index is 0.189. The molecule has 106 valence electrons. The van der Waals surface area contributed by atoms with Gasteiger partial charge in [0.25, 0.3) is 0 Å². The summed E-state index contributed by atoms with van der Waals surface area (Å²) in [4.78, 5) is 14.2. The number of alkyl halides is 3. The molecule has 0 bridgehead atoms. The number of aromatic nitrogens is 1. The van der Waals surface area contributed by atoms with Gasteiger partial charge in [-0.25, -0.2) is 4.98 Å². The minimum atomic E-state index is -4.68. The summed E-state index contributed by atoms with van der Waals surface area (Å²) in [6.07, 6.45) is -5.21. The van der Waals surface area contributed by atoms with E-state index in [9.17, 15) is 18.0 Å². The lowest BCUT2D eigenvalue weighted by Crippen LogP contribution is -2.05. The fraction of sp³-hybridized carbons (Fsp3) is 0.231. The SMILES string of the molecule is O=C(O)CCc1nc(-c2ccccc2)c(C(F)(F)F)o1. The van der Waals surface area contributed by atoms with Gasteiger partial charge in [-0.1, -0.05) is 30.3 Å². The fourth-order valence-electron chi connectivity index (χ4n) is 1.67. The zero-order valence-corrected chi connectivity index (χ0v) is 10.1. The normalized spacial score (nSPS) is 11.6. The van der Waals surface area contributed by atoms with Crippen LogP contribution in [0.25, 0.3) is 11.3 Å². The van der Waals surface area contributed by atoms with E-state index >= 15 is 0 Å². The highest BCUT2D eigenvalue weighted by molar-refractivity contribution is 5.67. The van der Waals surface area contributed by atoms with Crippen LogP contribution in [0.2, 0.25) is 0 Å². The first kappa shape index (κ1) is 14.1. The van der Waals surface area contributed by atoms with Crippen molar-refractivity contribution < 1.29 is 27.5 Å². The molecule has 4 nitrogen and oxygen atoms in total. The van der Waals surface area contributed by atoms with Gasteiger partial charge in [-0.15, -0.1) is 0 Å². The maximum absolute atomic E-state index is 12.9. The fourth-order valence-corrected chi connectivity index (χ4v) is 1.67. The third-order valence-electron chi connectivity index (χ3n) is 2.53. The van der Waals surface area contributed by atoms with Crippen molar-refractivity contribution in [1.82, 2.24) is 4.98 Å². The van der Waals surface area contributed by atoms with Gasteiger partial charge in [0.15, 0.2) is 5.89 Å². The van der Waals surface area contributed by atoms with E-state index in [-0.39, 0.29) is 30.0 Å². The van der Waals surface area contributed by atoms with Crippen molar-refractivity contribution in [2.24, 2.45) is 0 Å². The Morgan fingerprint density at radius 2 is 1.90 bits per heavy atom. The third kappa shape index (κ3) is 3.17. The van der Waals surface area contributed by atoms with Crippen LogP contribution in [-0.4, -0.2) is 16.1 Å². The number of carboxylic acid groups (broad SMARTS) is 1. The predicted molar refractivity (Wildman–Crippen MR) is 62.9 cm³/mol. The van der Waals surface area contributed by atoms with Crippen LogP contribution >= 0.6 is 0 Å². The number of halogens is 3. The molecule has 0 atom stereocenters. The summed E-state index contributed by atoms with van der Waals surface area (Å²) in [5.41, 5.74) is -0.0522. The van der Waals surface area contributed by atoms with Crippen molar-refractivity contribution in [1.29, 1.82) is 0 Å². The Balaban J connectivity index is 2.41. The van der Waals surface area contributed by atoms with Crippen molar-refractivity contribution in [3.05, 3.63) is 42.0 Å². The smallest absolute Gasteiger partial charge is 0.451 e. The van der Waals surface area contributed by atoms with Crippen molar-refractivity contribution in [3.63, 3.8) is 0 Å². The summed E-state index contributed by atoms with van der Waals surface area (Å²) in [5.74, 6) is -2.57. The highest BCUT2D eigenvalue weighted by atomic mass is 19.4. The zero-order valence-electron chi connectivity index (χ0n) is 10.1. The van der Waals surface area contributed by atoms with Crippen LogP contribution in [0.3, 0.4) is 0 Å². The molecule has 7 heteroatoms. The van der Waals surface area contributed by atoms with E-state index in [0.717, 1.165) is 0 Å². The Morgan fingerprint density at radius 3 is 2.45 bits per heavy atom. The van der Waals surface area contributed by atoms with E-state index in [1.165, 1.54) is 12.1 Å². The number of benzene rings is 1. The van der Waals surface area contributed by atoms with Crippen molar-refractivity contribution >= 4 is 5.97 Å². The second kappa shape index (κ2) is 5.36. The van der Waals surface area contributed by atoms with E-state index in [1.807, 2.05) is 0 Å². The lowest BCUT2D eigenvalue weighted by atomic mass is 10.1. The van der Waals surface area contributed by atoms with E-state index < -0.39 is 17.9 Å². The maximum Gasteiger partial charge on any atom is 0.451 e. The summed E-state index contributed by atoms with van der Waals surface area (Å²) in [6, 6.07) is 7.80. The monoisotopic (exact) mass is 285 g/mol. The number of aryl methyl sites for hydroxylation is 1. The molecule has 1 heterocycles. The first-order valence-corrected chi connectivity index (χ1v) is 5.72. The summed E-state index contributed by atoms with van der Waals surface area (Å²) < 4.78 is 43.4. The van der Waals surface area contributed by atoms with Crippen LogP contribution in [0.4, 0.5) is 13.2 Å². The first-order chi connectivity index (χ1) is 9.38. The maximum atomic E-state index is 12.9. The van der Waals surface area contributed by atoms with Gasteiger partial charge >= 0.3 is 12.1 Å². The van der Waals surface area contributed by atoms with Crippen LogP contribution in [-0.2, 0) is 17.4 Å².